The number of carbonyl (C=O) groups excluding carboxylic acids is 2. The van der Waals surface area contributed by atoms with Crippen LogP contribution in [0.3, 0.4) is 0 Å². The van der Waals surface area contributed by atoms with Crippen LogP contribution in [0.2, 0.25) is 0 Å². The Labute approximate surface area is 128 Å². The van der Waals surface area contributed by atoms with E-state index in [-0.39, 0.29) is 18.0 Å². The summed E-state index contributed by atoms with van der Waals surface area (Å²) < 4.78 is 0. The van der Waals surface area contributed by atoms with Crippen molar-refractivity contribution in [2.24, 2.45) is 5.92 Å². The molecule has 21 heavy (non-hydrogen) atoms. The summed E-state index contributed by atoms with van der Waals surface area (Å²) in [4.78, 5) is 28.1. The smallest absolute Gasteiger partial charge is 0.317 e. The maximum Gasteiger partial charge on any atom is 0.317 e. The lowest BCUT2D eigenvalue weighted by atomic mass is 10.0. The van der Waals surface area contributed by atoms with Crippen LogP contribution in [0, 0.1) is 5.92 Å². The molecule has 0 bridgehead atoms. The van der Waals surface area contributed by atoms with Crippen molar-refractivity contribution in [1.29, 1.82) is 0 Å². The molecule has 2 rings (SSSR count). The lowest BCUT2D eigenvalue weighted by Crippen LogP contribution is -2.50. The monoisotopic (exact) mass is 295 g/mol. The van der Waals surface area contributed by atoms with Crippen LogP contribution in [-0.2, 0) is 4.79 Å². The summed E-state index contributed by atoms with van der Waals surface area (Å²) in [7, 11) is 0. The number of rotatable bonds is 5. The van der Waals surface area contributed by atoms with Gasteiger partial charge in [0, 0.05) is 38.1 Å². The predicted octanol–water partition coefficient (Wildman–Crippen LogP) is 2.22. The third-order valence-electron chi connectivity index (χ3n) is 4.35. The van der Waals surface area contributed by atoms with Gasteiger partial charge in [-0.05, 0) is 38.5 Å². The molecule has 1 aliphatic heterocycles. The van der Waals surface area contributed by atoms with Gasteiger partial charge in [-0.2, -0.15) is 0 Å². The molecular formula is C16H29N3O2. The molecule has 0 radical (unpaired) electrons. The SMILES string of the molecule is CCN(C(=O)NC1CCN(C(=O)CC(C)C)CC1)C1CC1. The van der Waals surface area contributed by atoms with Crippen molar-refractivity contribution < 1.29 is 9.59 Å². The third-order valence-corrected chi connectivity index (χ3v) is 4.35. The number of nitrogens with one attached hydrogen (secondary N) is 1. The Morgan fingerprint density at radius 2 is 1.81 bits per heavy atom. The van der Waals surface area contributed by atoms with Crippen molar-refractivity contribution in [1.82, 2.24) is 15.1 Å². The van der Waals surface area contributed by atoms with E-state index < -0.39 is 0 Å². The molecule has 3 amide bonds. The maximum atomic E-state index is 12.2. The van der Waals surface area contributed by atoms with E-state index in [1.807, 2.05) is 16.7 Å². The summed E-state index contributed by atoms with van der Waals surface area (Å²) in [5.41, 5.74) is 0. The zero-order valence-corrected chi connectivity index (χ0v) is 13.6. The van der Waals surface area contributed by atoms with E-state index in [1.54, 1.807) is 0 Å². The minimum atomic E-state index is 0.0759. The average Bonchev–Trinajstić information content (AvgIpc) is 3.24. The minimum Gasteiger partial charge on any atom is -0.343 e. The number of amides is 3. The van der Waals surface area contributed by atoms with Gasteiger partial charge < -0.3 is 15.1 Å². The van der Waals surface area contributed by atoms with Gasteiger partial charge in [-0.15, -0.1) is 0 Å². The number of hydrogen-bond donors (Lipinski definition) is 1. The van der Waals surface area contributed by atoms with E-state index in [0.29, 0.717) is 18.4 Å². The van der Waals surface area contributed by atoms with Crippen LogP contribution in [0.5, 0.6) is 0 Å². The van der Waals surface area contributed by atoms with E-state index in [1.165, 1.54) is 0 Å². The number of urea groups is 1. The van der Waals surface area contributed by atoms with Crippen molar-refractivity contribution in [2.75, 3.05) is 19.6 Å². The first-order chi connectivity index (χ1) is 10.0. The second kappa shape index (κ2) is 7.14. The van der Waals surface area contributed by atoms with E-state index in [9.17, 15) is 9.59 Å². The second-order valence-corrected chi connectivity index (χ2v) is 6.72. The first-order valence-corrected chi connectivity index (χ1v) is 8.36. The Morgan fingerprint density at radius 3 is 2.29 bits per heavy atom. The number of carbonyl (C=O) groups is 2. The summed E-state index contributed by atoms with van der Waals surface area (Å²) in [5.74, 6) is 0.662. The molecule has 2 fully saturated rings. The predicted molar refractivity (Wildman–Crippen MR) is 83.0 cm³/mol. The topological polar surface area (TPSA) is 52.7 Å². The molecule has 5 nitrogen and oxygen atoms in total. The van der Waals surface area contributed by atoms with Crippen LogP contribution in [0.1, 0.15) is 52.9 Å². The highest BCUT2D eigenvalue weighted by Gasteiger charge is 2.33. The summed E-state index contributed by atoms with van der Waals surface area (Å²) in [5, 5.41) is 3.14. The number of nitrogens with zero attached hydrogens (tertiary/aromatic N) is 2. The van der Waals surface area contributed by atoms with E-state index in [4.69, 9.17) is 0 Å². The van der Waals surface area contributed by atoms with Crippen molar-refractivity contribution in [3.05, 3.63) is 0 Å². The Bertz CT molecular complexity index is 372. The molecule has 5 heteroatoms. The molecule has 0 spiro atoms. The Kier molecular flexibility index (Phi) is 5.48. The lowest BCUT2D eigenvalue weighted by Gasteiger charge is -2.34. The van der Waals surface area contributed by atoms with Crippen molar-refractivity contribution in [3.63, 3.8) is 0 Å². The fourth-order valence-corrected chi connectivity index (χ4v) is 2.96. The molecule has 0 aromatic heterocycles. The zero-order valence-electron chi connectivity index (χ0n) is 13.6. The molecule has 1 saturated heterocycles. The van der Waals surface area contributed by atoms with Crippen LogP contribution >= 0.6 is 0 Å². The Hall–Kier alpha value is -1.26. The third kappa shape index (κ3) is 4.61. The first-order valence-electron chi connectivity index (χ1n) is 8.36. The summed E-state index contributed by atoms with van der Waals surface area (Å²) in [6.07, 6.45) is 4.66. The van der Waals surface area contributed by atoms with Gasteiger partial charge in [0.2, 0.25) is 5.91 Å². The van der Waals surface area contributed by atoms with Gasteiger partial charge in [-0.3, -0.25) is 4.79 Å². The second-order valence-electron chi connectivity index (χ2n) is 6.72. The molecule has 1 saturated carbocycles. The van der Waals surface area contributed by atoms with Crippen LogP contribution in [-0.4, -0.2) is 53.5 Å². The summed E-state index contributed by atoms with van der Waals surface area (Å²) in [6, 6.07) is 0.753. The Morgan fingerprint density at radius 1 is 1.19 bits per heavy atom. The molecule has 120 valence electrons. The van der Waals surface area contributed by atoms with Gasteiger partial charge in [0.25, 0.3) is 0 Å². The van der Waals surface area contributed by atoms with Crippen LogP contribution in [0.15, 0.2) is 0 Å². The highest BCUT2D eigenvalue weighted by Crippen LogP contribution is 2.26. The van der Waals surface area contributed by atoms with Gasteiger partial charge in [-0.1, -0.05) is 13.8 Å². The normalized spacial score (nSPS) is 19.7. The first kappa shape index (κ1) is 16.1. The molecule has 2 aliphatic rings. The van der Waals surface area contributed by atoms with Crippen molar-refractivity contribution >= 4 is 11.9 Å². The van der Waals surface area contributed by atoms with Crippen LogP contribution < -0.4 is 5.32 Å². The number of piperidine rings is 1. The van der Waals surface area contributed by atoms with Crippen LogP contribution in [0.4, 0.5) is 4.79 Å². The van der Waals surface area contributed by atoms with Crippen molar-refractivity contribution in [3.8, 4) is 0 Å². The van der Waals surface area contributed by atoms with Gasteiger partial charge in [0.1, 0.15) is 0 Å². The lowest BCUT2D eigenvalue weighted by molar-refractivity contribution is -0.133. The maximum absolute atomic E-state index is 12.2. The van der Waals surface area contributed by atoms with Gasteiger partial charge in [0.15, 0.2) is 0 Å². The molecule has 0 atom stereocenters. The fraction of sp³-hybridized carbons (Fsp3) is 0.875. The summed E-state index contributed by atoms with van der Waals surface area (Å²) >= 11 is 0. The number of hydrogen-bond acceptors (Lipinski definition) is 2. The molecule has 1 heterocycles. The quantitative estimate of drug-likeness (QED) is 0.845. The number of likely N-dealkylation sites (tertiary alicyclic amines) is 1. The molecule has 0 aromatic rings. The van der Waals surface area contributed by atoms with Crippen molar-refractivity contribution in [2.45, 2.75) is 65.0 Å². The molecule has 0 aromatic carbocycles. The average molecular weight is 295 g/mol. The minimum absolute atomic E-state index is 0.0759. The fourth-order valence-electron chi connectivity index (χ4n) is 2.96. The van der Waals surface area contributed by atoms with E-state index in [0.717, 1.165) is 45.3 Å². The van der Waals surface area contributed by atoms with Gasteiger partial charge in [0.05, 0.1) is 0 Å². The van der Waals surface area contributed by atoms with Gasteiger partial charge in [-0.25, -0.2) is 4.79 Å². The highest BCUT2D eigenvalue weighted by atomic mass is 16.2. The van der Waals surface area contributed by atoms with E-state index in [2.05, 4.69) is 19.2 Å². The largest absolute Gasteiger partial charge is 0.343 e. The highest BCUT2D eigenvalue weighted by molar-refractivity contribution is 5.77. The van der Waals surface area contributed by atoms with E-state index >= 15 is 0 Å². The molecule has 0 unspecified atom stereocenters. The zero-order chi connectivity index (χ0) is 15.4. The molecule has 1 aliphatic carbocycles. The Balaban J connectivity index is 1.73. The standard InChI is InChI=1S/C16H29N3O2/c1-4-19(14-5-6-14)16(21)17-13-7-9-18(10-8-13)15(20)11-12(2)3/h12-14H,4-11H2,1-3H3,(H,17,21). The molecule has 1 N–H and O–H groups in total. The van der Waals surface area contributed by atoms with Gasteiger partial charge >= 0.3 is 6.03 Å². The van der Waals surface area contributed by atoms with Crippen LogP contribution in [0.25, 0.3) is 0 Å². The molecular weight excluding hydrogens is 266 g/mol. The summed E-state index contributed by atoms with van der Waals surface area (Å²) in [6.45, 7) is 8.50.